The fourth-order valence-corrected chi connectivity index (χ4v) is 5.48. The Bertz CT molecular complexity index is 1510. The highest BCUT2D eigenvalue weighted by Gasteiger charge is 2.24. The highest BCUT2D eigenvalue weighted by molar-refractivity contribution is 7.92. The zero-order valence-corrected chi connectivity index (χ0v) is 18.6. The number of nitrogens with one attached hydrogen (secondary N) is 1. The maximum atomic E-state index is 15.0. The van der Waals surface area contributed by atoms with Gasteiger partial charge in [0.2, 0.25) is 0 Å². The minimum Gasteiger partial charge on any atom is -0.383 e. The van der Waals surface area contributed by atoms with Crippen LogP contribution in [0.5, 0.6) is 0 Å². The molecule has 1 fully saturated rings. The molecule has 0 atom stereocenters. The third kappa shape index (κ3) is 3.85. The summed E-state index contributed by atoms with van der Waals surface area (Å²) in [6.45, 7) is 0. The lowest BCUT2D eigenvalue weighted by molar-refractivity contribution is 0.504. The number of nitrogens with two attached hydrogens (primary N) is 1. The van der Waals surface area contributed by atoms with E-state index >= 15 is 4.39 Å². The van der Waals surface area contributed by atoms with Crippen molar-refractivity contribution in [2.24, 2.45) is 0 Å². The molecule has 2 heterocycles. The van der Waals surface area contributed by atoms with Crippen molar-refractivity contribution >= 4 is 32.6 Å². The summed E-state index contributed by atoms with van der Waals surface area (Å²) in [7, 11) is -4.34. The Kier molecular flexibility index (Phi) is 5.43. The van der Waals surface area contributed by atoms with Gasteiger partial charge in [-0.05, 0) is 48.7 Å². The van der Waals surface area contributed by atoms with Gasteiger partial charge in [0, 0.05) is 17.8 Å². The van der Waals surface area contributed by atoms with Crippen molar-refractivity contribution < 1.29 is 21.6 Å². The normalized spacial score (nSPS) is 14.7. The largest absolute Gasteiger partial charge is 0.383 e. The predicted molar refractivity (Wildman–Crippen MR) is 122 cm³/mol. The van der Waals surface area contributed by atoms with Crippen LogP contribution in [0.15, 0.2) is 53.8 Å². The van der Waals surface area contributed by atoms with Gasteiger partial charge in [0.1, 0.15) is 23.6 Å². The molecule has 7 nitrogen and oxygen atoms in total. The van der Waals surface area contributed by atoms with E-state index < -0.39 is 32.4 Å². The predicted octanol–water partition coefficient (Wildman–Crippen LogP) is 5.01. The zero-order valence-electron chi connectivity index (χ0n) is 17.8. The molecule has 0 unspecified atom stereocenters. The molecule has 1 aliphatic rings. The number of hydrogen-bond donors (Lipinski definition) is 2. The second-order valence-corrected chi connectivity index (χ2v) is 9.90. The van der Waals surface area contributed by atoms with Gasteiger partial charge in [-0.1, -0.05) is 18.9 Å². The second kappa shape index (κ2) is 8.32. The second-order valence-electron chi connectivity index (χ2n) is 8.22. The Morgan fingerprint density at radius 1 is 0.971 bits per heavy atom. The number of hydrogen-bond acceptors (Lipinski definition) is 5. The zero-order chi connectivity index (χ0) is 24.0. The fraction of sp³-hybridized carbons (Fsp3) is 0.217. The SMILES string of the molecule is Nc1ncnc2c1c(-c1ccc(NS(=O)(=O)c3ccc(F)c(F)c3)c(F)c1)cn2C1CCCC1. The first-order valence-corrected chi connectivity index (χ1v) is 12.1. The number of nitrogens with zero attached hydrogens (tertiary/aromatic N) is 3. The van der Waals surface area contributed by atoms with Crippen molar-refractivity contribution in [2.45, 2.75) is 36.6 Å². The molecule has 3 N–H and O–H groups in total. The molecule has 4 aromatic rings. The number of fused-ring (bicyclic) bond motifs is 1. The Morgan fingerprint density at radius 3 is 2.44 bits per heavy atom. The minimum absolute atomic E-state index is 0.262. The van der Waals surface area contributed by atoms with Crippen molar-refractivity contribution in [3.63, 3.8) is 0 Å². The van der Waals surface area contributed by atoms with Gasteiger partial charge in [0.05, 0.1) is 16.0 Å². The molecule has 2 aromatic carbocycles. The lowest BCUT2D eigenvalue weighted by Crippen LogP contribution is -2.14. The third-order valence-corrected chi connectivity index (χ3v) is 7.45. The fourth-order valence-electron chi connectivity index (χ4n) is 4.40. The van der Waals surface area contributed by atoms with E-state index in [9.17, 15) is 17.2 Å². The van der Waals surface area contributed by atoms with E-state index in [1.165, 1.54) is 18.5 Å². The minimum atomic E-state index is -4.34. The van der Waals surface area contributed by atoms with E-state index in [1.54, 1.807) is 6.07 Å². The maximum absolute atomic E-state index is 15.0. The van der Waals surface area contributed by atoms with Crippen molar-refractivity contribution in [1.82, 2.24) is 14.5 Å². The Hall–Kier alpha value is -3.60. The number of aromatic nitrogens is 3. The molecule has 2 aromatic heterocycles. The van der Waals surface area contributed by atoms with Crippen LogP contribution in [0.25, 0.3) is 22.2 Å². The summed E-state index contributed by atoms with van der Waals surface area (Å²) in [4.78, 5) is 7.95. The van der Waals surface area contributed by atoms with E-state index in [0.717, 1.165) is 31.7 Å². The maximum Gasteiger partial charge on any atom is 0.262 e. The number of halogens is 3. The lowest BCUT2D eigenvalue weighted by atomic mass is 10.1. The quantitative estimate of drug-likeness (QED) is 0.412. The molecule has 0 bridgehead atoms. The summed E-state index contributed by atoms with van der Waals surface area (Å²) in [6.07, 6.45) is 7.51. The number of rotatable bonds is 5. The average molecular weight is 488 g/mol. The Labute approximate surface area is 193 Å². The molecular weight excluding hydrogens is 467 g/mol. The van der Waals surface area contributed by atoms with Crippen LogP contribution in [0.3, 0.4) is 0 Å². The molecule has 34 heavy (non-hydrogen) atoms. The first-order chi connectivity index (χ1) is 16.2. The van der Waals surface area contributed by atoms with E-state index in [4.69, 9.17) is 5.73 Å². The van der Waals surface area contributed by atoms with Gasteiger partial charge in [-0.2, -0.15) is 0 Å². The van der Waals surface area contributed by atoms with Crippen LogP contribution in [0.2, 0.25) is 0 Å². The topological polar surface area (TPSA) is 103 Å². The highest BCUT2D eigenvalue weighted by Crippen LogP contribution is 2.39. The van der Waals surface area contributed by atoms with Gasteiger partial charge in [-0.15, -0.1) is 0 Å². The van der Waals surface area contributed by atoms with Crippen LogP contribution in [-0.4, -0.2) is 23.0 Å². The van der Waals surface area contributed by atoms with Crippen LogP contribution in [0.1, 0.15) is 31.7 Å². The molecule has 1 aliphatic carbocycles. The summed E-state index contributed by atoms with van der Waals surface area (Å²) in [5.41, 5.74) is 7.57. The molecule has 176 valence electrons. The first kappa shape index (κ1) is 22.2. The van der Waals surface area contributed by atoms with Crippen molar-refractivity contribution in [3.05, 3.63) is 66.4 Å². The van der Waals surface area contributed by atoms with E-state index in [0.29, 0.717) is 34.3 Å². The van der Waals surface area contributed by atoms with Gasteiger partial charge in [-0.25, -0.2) is 31.6 Å². The molecule has 0 saturated heterocycles. The molecular formula is C23H20F3N5O2S. The van der Waals surface area contributed by atoms with Gasteiger partial charge < -0.3 is 10.3 Å². The summed E-state index contributed by atoms with van der Waals surface area (Å²) < 4.78 is 70.8. The Balaban J connectivity index is 1.53. The van der Waals surface area contributed by atoms with E-state index in [2.05, 4.69) is 14.7 Å². The Morgan fingerprint density at radius 2 is 1.74 bits per heavy atom. The van der Waals surface area contributed by atoms with Gasteiger partial charge in [0.25, 0.3) is 10.0 Å². The molecule has 1 saturated carbocycles. The van der Waals surface area contributed by atoms with Gasteiger partial charge >= 0.3 is 0 Å². The molecule has 0 aliphatic heterocycles. The number of sulfonamides is 1. The van der Waals surface area contributed by atoms with Crippen LogP contribution < -0.4 is 10.5 Å². The molecule has 0 radical (unpaired) electrons. The standard InChI is InChI=1S/C23H20F3N5O2S/c24-17-7-6-15(10-18(17)25)34(32,33)30-20-8-5-13(9-19(20)26)16-11-31(14-3-1-2-4-14)23-21(16)22(27)28-12-29-23/h5-12,14,30H,1-4H2,(H2,27,28,29). The third-order valence-electron chi connectivity index (χ3n) is 6.08. The summed E-state index contributed by atoms with van der Waals surface area (Å²) in [5, 5.41) is 0.601. The van der Waals surface area contributed by atoms with Crippen LogP contribution in [-0.2, 0) is 10.0 Å². The summed E-state index contributed by atoms with van der Waals surface area (Å²) in [5.74, 6) is -3.09. The highest BCUT2D eigenvalue weighted by atomic mass is 32.2. The summed E-state index contributed by atoms with van der Waals surface area (Å²) in [6, 6.07) is 6.38. The molecule has 0 amide bonds. The van der Waals surface area contributed by atoms with Crippen molar-refractivity contribution in [1.29, 1.82) is 0 Å². The van der Waals surface area contributed by atoms with Crippen molar-refractivity contribution in [2.75, 3.05) is 10.5 Å². The van der Waals surface area contributed by atoms with E-state index in [-0.39, 0.29) is 17.5 Å². The first-order valence-electron chi connectivity index (χ1n) is 10.6. The van der Waals surface area contributed by atoms with Crippen LogP contribution in [0, 0.1) is 17.5 Å². The number of nitrogen functional groups attached to an aromatic ring is 1. The number of benzene rings is 2. The lowest BCUT2D eigenvalue weighted by Gasteiger charge is -2.12. The van der Waals surface area contributed by atoms with Crippen LogP contribution in [0.4, 0.5) is 24.7 Å². The molecule has 5 rings (SSSR count). The van der Waals surface area contributed by atoms with Gasteiger partial charge in [0.15, 0.2) is 11.6 Å². The van der Waals surface area contributed by atoms with Gasteiger partial charge in [-0.3, -0.25) is 4.72 Å². The number of anilines is 2. The van der Waals surface area contributed by atoms with Crippen molar-refractivity contribution in [3.8, 4) is 11.1 Å². The van der Waals surface area contributed by atoms with Crippen LogP contribution >= 0.6 is 0 Å². The average Bonchev–Trinajstić information content (AvgIpc) is 3.45. The molecule has 0 spiro atoms. The van der Waals surface area contributed by atoms with E-state index in [1.807, 2.05) is 10.8 Å². The smallest absolute Gasteiger partial charge is 0.262 e. The molecule has 11 heteroatoms. The summed E-state index contributed by atoms with van der Waals surface area (Å²) >= 11 is 0. The monoisotopic (exact) mass is 487 g/mol.